The molecule has 1 aliphatic carbocycles. The molecule has 0 bridgehead atoms. The number of nitrogens with one attached hydrogen (secondary N) is 1. The minimum atomic E-state index is -0.535. The Bertz CT molecular complexity index is 451. The van der Waals surface area contributed by atoms with E-state index in [0.717, 1.165) is 19.3 Å². The second-order valence-electron chi connectivity index (χ2n) is 4.47. The van der Waals surface area contributed by atoms with Crippen LogP contribution in [0.4, 0.5) is 5.00 Å². The number of hydrogen-bond acceptors (Lipinski definition) is 4. The topological polar surface area (TPSA) is 98.2 Å². The van der Waals surface area contributed by atoms with Crippen molar-refractivity contribution in [3.63, 3.8) is 0 Å². The van der Waals surface area contributed by atoms with Gasteiger partial charge in [0.2, 0.25) is 5.91 Å². The first-order chi connectivity index (χ1) is 8.00. The van der Waals surface area contributed by atoms with E-state index in [2.05, 4.69) is 5.32 Å². The van der Waals surface area contributed by atoms with E-state index in [1.807, 2.05) is 0 Å². The third-order valence-corrected chi connectivity index (χ3v) is 3.88. The molecule has 1 aromatic rings. The van der Waals surface area contributed by atoms with Crippen LogP contribution in [0.15, 0.2) is 11.4 Å². The van der Waals surface area contributed by atoms with Crippen molar-refractivity contribution in [2.45, 2.75) is 31.2 Å². The molecule has 1 heterocycles. The zero-order valence-electron chi connectivity index (χ0n) is 9.36. The molecule has 92 valence electrons. The van der Waals surface area contributed by atoms with E-state index in [9.17, 15) is 9.59 Å². The van der Waals surface area contributed by atoms with Crippen molar-refractivity contribution in [3.05, 3.63) is 17.0 Å². The predicted molar refractivity (Wildman–Crippen MR) is 66.9 cm³/mol. The van der Waals surface area contributed by atoms with Gasteiger partial charge in [0.05, 0.1) is 5.56 Å². The molecule has 2 rings (SSSR count). The standard InChI is InChI=1S/C11H15N3O2S/c12-9(16)7-2-5-17-10(7)14-8(15)6-11(13)3-1-4-11/h2,5H,1,3-4,6,13H2,(H2,12,16)(H,14,15). The zero-order valence-corrected chi connectivity index (χ0v) is 10.2. The molecular weight excluding hydrogens is 238 g/mol. The summed E-state index contributed by atoms with van der Waals surface area (Å²) >= 11 is 1.28. The van der Waals surface area contributed by atoms with Crippen molar-refractivity contribution in [1.82, 2.24) is 0 Å². The maximum Gasteiger partial charge on any atom is 0.251 e. The van der Waals surface area contributed by atoms with E-state index in [-0.39, 0.29) is 11.4 Å². The van der Waals surface area contributed by atoms with E-state index < -0.39 is 5.91 Å². The molecule has 0 saturated heterocycles. The molecular formula is C11H15N3O2S. The lowest BCUT2D eigenvalue weighted by Crippen LogP contribution is -2.48. The Hall–Kier alpha value is -1.40. The molecule has 0 aromatic carbocycles. The van der Waals surface area contributed by atoms with Gasteiger partial charge in [-0.25, -0.2) is 0 Å². The average Bonchev–Trinajstić information content (AvgIpc) is 2.63. The summed E-state index contributed by atoms with van der Waals surface area (Å²) in [5.74, 6) is -0.690. The normalized spacial score (nSPS) is 17.2. The summed E-state index contributed by atoms with van der Waals surface area (Å²) in [6, 6.07) is 1.60. The highest BCUT2D eigenvalue weighted by Gasteiger charge is 2.34. The fourth-order valence-corrected chi connectivity index (χ4v) is 2.71. The molecule has 5 nitrogen and oxygen atoms in total. The summed E-state index contributed by atoms with van der Waals surface area (Å²) in [5.41, 5.74) is 11.2. The molecule has 0 atom stereocenters. The zero-order chi connectivity index (χ0) is 12.5. The van der Waals surface area contributed by atoms with Crippen molar-refractivity contribution in [3.8, 4) is 0 Å². The molecule has 5 N–H and O–H groups in total. The van der Waals surface area contributed by atoms with Gasteiger partial charge in [-0.15, -0.1) is 11.3 Å². The maximum atomic E-state index is 11.8. The number of amides is 2. The Morgan fingerprint density at radius 2 is 2.18 bits per heavy atom. The number of hydrogen-bond donors (Lipinski definition) is 3. The monoisotopic (exact) mass is 253 g/mol. The number of thiophene rings is 1. The van der Waals surface area contributed by atoms with E-state index in [1.165, 1.54) is 11.3 Å². The third-order valence-electron chi connectivity index (χ3n) is 3.05. The van der Waals surface area contributed by atoms with Crippen LogP contribution in [-0.2, 0) is 4.79 Å². The minimum absolute atomic E-state index is 0.155. The highest BCUT2D eigenvalue weighted by atomic mass is 32.1. The van der Waals surface area contributed by atoms with Crippen LogP contribution in [0.25, 0.3) is 0 Å². The van der Waals surface area contributed by atoms with E-state index in [0.29, 0.717) is 17.0 Å². The van der Waals surface area contributed by atoms with Crippen molar-refractivity contribution in [2.75, 3.05) is 5.32 Å². The lowest BCUT2D eigenvalue weighted by atomic mass is 9.75. The quantitative estimate of drug-likeness (QED) is 0.748. The lowest BCUT2D eigenvalue weighted by molar-refractivity contribution is -0.118. The Balaban J connectivity index is 1.98. The number of carbonyl (C=O) groups is 2. The summed E-state index contributed by atoms with van der Waals surface area (Å²) in [6.07, 6.45) is 3.14. The smallest absolute Gasteiger partial charge is 0.251 e. The number of carbonyl (C=O) groups excluding carboxylic acids is 2. The summed E-state index contributed by atoms with van der Waals surface area (Å²) in [6.45, 7) is 0. The summed E-state index contributed by atoms with van der Waals surface area (Å²) in [4.78, 5) is 22.8. The van der Waals surface area contributed by atoms with Gasteiger partial charge < -0.3 is 16.8 Å². The first kappa shape index (κ1) is 12.1. The first-order valence-corrected chi connectivity index (χ1v) is 6.34. The average molecular weight is 253 g/mol. The number of rotatable bonds is 4. The second kappa shape index (κ2) is 4.46. The molecule has 1 saturated carbocycles. The number of nitrogens with two attached hydrogens (primary N) is 2. The molecule has 0 radical (unpaired) electrons. The van der Waals surface area contributed by atoms with Gasteiger partial charge in [-0.1, -0.05) is 0 Å². The summed E-state index contributed by atoms with van der Waals surface area (Å²) < 4.78 is 0. The van der Waals surface area contributed by atoms with Gasteiger partial charge in [-0.05, 0) is 30.7 Å². The molecule has 0 spiro atoms. The van der Waals surface area contributed by atoms with Crippen molar-refractivity contribution >= 4 is 28.2 Å². The van der Waals surface area contributed by atoms with Crippen molar-refractivity contribution in [2.24, 2.45) is 11.5 Å². The molecule has 1 aromatic heterocycles. The molecule has 2 amide bonds. The van der Waals surface area contributed by atoms with Crippen LogP contribution in [0.2, 0.25) is 0 Å². The molecule has 0 unspecified atom stereocenters. The number of primary amides is 1. The van der Waals surface area contributed by atoms with Crippen LogP contribution < -0.4 is 16.8 Å². The van der Waals surface area contributed by atoms with E-state index in [4.69, 9.17) is 11.5 Å². The predicted octanol–water partition coefficient (Wildman–Crippen LogP) is 1.06. The van der Waals surface area contributed by atoms with Gasteiger partial charge in [0.25, 0.3) is 5.91 Å². The molecule has 1 fully saturated rings. The van der Waals surface area contributed by atoms with Gasteiger partial charge >= 0.3 is 0 Å². The SMILES string of the molecule is NC(=O)c1ccsc1NC(=O)CC1(N)CCC1. The third kappa shape index (κ3) is 2.65. The molecule has 0 aliphatic heterocycles. The van der Waals surface area contributed by atoms with Crippen molar-refractivity contribution < 1.29 is 9.59 Å². The second-order valence-corrected chi connectivity index (χ2v) is 5.38. The van der Waals surface area contributed by atoms with Gasteiger partial charge in [-0.3, -0.25) is 9.59 Å². The fraction of sp³-hybridized carbons (Fsp3) is 0.455. The highest BCUT2D eigenvalue weighted by molar-refractivity contribution is 7.14. The molecule has 1 aliphatic rings. The largest absolute Gasteiger partial charge is 0.366 e. The highest BCUT2D eigenvalue weighted by Crippen LogP contribution is 2.32. The van der Waals surface area contributed by atoms with Crippen LogP contribution in [0, 0.1) is 0 Å². The van der Waals surface area contributed by atoms with Crippen molar-refractivity contribution in [1.29, 1.82) is 0 Å². The summed E-state index contributed by atoms with van der Waals surface area (Å²) in [7, 11) is 0. The van der Waals surface area contributed by atoms with Crippen LogP contribution in [0.3, 0.4) is 0 Å². The fourth-order valence-electron chi connectivity index (χ4n) is 1.90. The Kier molecular flexibility index (Phi) is 3.17. The lowest BCUT2D eigenvalue weighted by Gasteiger charge is -2.37. The summed E-state index contributed by atoms with van der Waals surface area (Å²) in [5, 5.41) is 4.92. The van der Waals surface area contributed by atoms with Gasteiger partial charge in [0, 0.05) is 12.0 Å². The Labute approximate surface area is 103 Å². The van der Waals surface area contributed by atoms with Gasteiger partial charge in [0.1, 0.15) is 5.00 Å². The van der Waals surface area contributed by atoms with E-state index in [1.54, 1.807) is 11.4 Å². The minimum Gasteiger partial charge on any atom is -0.366 e. The van der Waals surface area contributed by atoms with Crippen LogP contribution >= 0.6 is 11.3 Å². The molecule has 17 heavy (non-hydrogen) atoms. The Morgan fingerprint density at radius 3 is 2.71 bits per heavy atom. The molecule has 6 heteroatoms. The van der Waals surface area contributed by atoms with E-state index >= 15 is 0 Å². The van der Waals surface area contributed by atoms with Crippen LogP contribution in [-0.4, -0.2) is 17.4 Å². The first-order valence-electron chi connectivity index (χ1n) is 5.46. The van der Waals surface area contributed by atoms with Gasteiger partial charge in [-0.2, -0.15) is 0 Å². The Morgan fingerprint density at radius 1 is 1.47 bits per heavy atom. The number of anilines is 1. The van der Waals surface area contributed by atoms with Crippen LogP contribution in [0.5, 0.6) is 0 Å². The van der Waals surface area contributed by atoms with Gasteiger partial charge in [0.15, 0.2) is 0 Å². The van der Waals surface area contributed by atoms with Crippen LogP contribution in [0.1, 0.15) is 36.0 Å². The maximum absolute atomic E-state index is 11.8.